The number of halogens is 4. The van der Waals surface area contributed by atoms with Crippen molar-refractivity contribution in [3.05, 3.63) is 29.4 Å². The number of hydrogen-bond donors (Lipinski definition) is 0. The summed E-state index contributed by atoms with van der Waals surface area (Å²) in [5.74, 6) is 0.294. The molecule has 0 amide bonds. The van der Waals surface area contributed by atoms with E-state index in [1.807, 2.05) is 11.9 Å². The summed E-state index contributed by atoms with van der Waals surface area (Å²) in [5.41, 5.74) is 1.28. The van der Waals surface area contributed by atoms with Gasteiger partial charge in [0.05, 0.1) is 6.61 Å². The van der Waals surface area contributed by atoms with Gasteiger partial charge in [-0.1, -0.05) is 23.7 Å². The van der Waals surface area contributed by atoms with Crippen molar-refractivity contribution < 1.29 is 22.6 Å². The molecule has 0 radical (unpaired) electrons. The topological polar surface area (TPSA) is 64.8 Å². The molecular weight excluding hydrogens is 387 g/mol. The fourth-order valence-electron chi connectivity index (χ4n) is 2.91. The van der Waals surface area contributed by atoms with Crippen LogP contribution in [0.1, 0.15) is 6.42 Å². The molecule has 142 valence electrons. The minimum atomic E-state index is -4.79. The number of alkyl halides is 3. The molecule has 0 spiro atoms. The van der Waals surface area contributed by atoms with Crippen LogP contribution in [0.5, 0.6) is 11.5 Å². The second-order valence-electron chi connectivity index (χ2n) is 5.93. The molecule has 7 nitrogen and oxygen atoms in total. The molecule has 3 aromatic rings. The van der Waals surface area contributed by atoms with E-state index in [-0.39, 0.29) is 16.7 Å². The van der Waals surface area contributed by atoms with Gasteiger partial charge in [0.2, 0.25) is 5.65 Å². The fraction of sp³-hybridized carbons (Fsp3) is 0.312. The van der Waals surface area contributed by atoms with Crippen molar-refractivity contribution in [3.63, 3.8) is 0 Å². The van der Waals surface area contributed by atoms with E-state index in [4.69, 9.17) is 16.3 Å². The van der Waals surface area contributed by atoms with Crippen LogP contribution in [0.2, 0.25) is 5.15 Å². The number of anilines is 1. The lowest BCUT2D eigenvalue weighted by molar-refractivity contribution is -0.274. The third kappa shape index (κ3) is 3.32. The molecule has 27 heavy (non-hydrogen) atoms. The number of fused-ring (bicyclic) bond motifs is 3. The van der Waals surface area contributed by atoms with Crippen LogP contribution in [0.15, 0.2) is 24.3 Å². The van der Waals surface area contributed by atoms with Crippen LogP contribution in [0.4, 0.5) is 18.9 Å². The zero-order chi connectivity index (χ0) is 19.2. The highest BCUT2D eigenvalue weighted by Gasteiger charge is 2.31. The minimum Gasteiger partial charge on any atom is -0.487 e. The van der Waals surface area contributed by atoms with Crippen LogP contribution in [-0.4, -0.2) is 46.4 Å². The number of rotatable bonds is 2. The number of benzene rings is 1. The van der Waals surface area contributed by atoms with Crippen LogP contribution in [0.3, 0.4) is 0 Å². The van der Waals surface area contributed by atoms with Gasteiger partial charge in [-0.2, -0.15) is 4.52 Å². The monoisotopic (exact) mass is 399 g/mol. The molecule has 0 aliphatic carbocycles. The van der Waals surface area contributed by atoms with Crippen molar-refractivity contribution in [1.29, 1.82) is 0 Å². The van der Waals surface area contributed by atoms with E-state index in [9.17, 15) is 13.2 Å². The Morgan fingerprint density at radius 2 is 2.07 bits per heavy atom. The average molecular weight is 400 g/mol. The first-order valence-corrected chi connectivity index (χ1v) is 8.36. The van der Waals surface area contributed by atoms with Crippen molar-refractivity contribution in [3.8, 4) is 22.9 Å². The van der Waals surface area contributed by atoms with Crippen LogP contribution in [0, 0.1) is 0 Å². The van der Waals surface area contributed by atoms with Gasteiger partial charge in [-0.15, -0.1) is 28.5 Å². The molecule has 0 atom stereocenters. The van der Waals surface area contributed by atoms with Crippen LogP contribution in [0.25, 0.3) is 17.0 Å². The second kappa shape index (κ2) is 6.45. The van der Waals surface area contributed by atoms with Gasteiger partial charge in [0.15, 0.2) is 16.7 Å². The molecule has 2 aromatic heterocycles. The van der Waals surface area contributed by atoms with E-state index in [1.165, 1.54) is 22.7 Å². The standard InChI is InChI=1S/C16H13ClF3N5O2/c1-24-6-3-7-26-12-11(24)13(17)23-25-14(21-22-15(12)25)9-4-2-5-10(8-9)27-16(18,19)20/h2,4-5,8H,3,6-7H2,1H3. The van der Waals surface area contributed by atoms with E-state index < -0.39 is 6.36 Å². The van der Waals surface area contributed by atoms with Crippen molar-refractivity contribution in [2.75, 3.05) is 25.1 Å². The molecule has 1 aliphatic heterocycles. The lowest BCUT2D eigenvalue weighted by Crippen LogP contribution is -2.18. The van der Waals surface area contributed by atoms with Crippen molar-refractivity contribution in [1.82, 2.24) is 19.8 Å². The Morgan fingerprint density at radius 1 is 1.26 bits per heavy atom. The van der Waals surface area contributed by atoms with E-state index in [2.05, 4.69) is 20.0 Å². The summed E-state index contributed by atoms with van der Waals surface area (Å²) in [6.45, 7) is 1.22. The average Bonchev–Trinajstić information content (AvgIpc) is 2.90. The Kier molecular flexibility index (Phi) is 4.22. The molecule has 0 fully saturated rings. The fourth-order valence-corrected chi connectivity index (χ4v) is 3.22. The predicted molar refractivity (Wildman–Crippen MR) is 91.3 cm³/mol. The maximum atomic E-state index is 12.5. The van der Waals surface area contributed by atoms with Gasteiger partial charge in [0.25, 0.3) is 0 Å². The van der Waals surface area contributed by atoms with E-state index in [0.717, 1.165) is 13.0 Å². The van der Waals surface area contributed by atoms with Crippen molar-refractivity contribution in [2.45, 2.75) is 12.8 Å². The summed E-state index contributed by atoms with van der Waals surface area (Å²) in [6.07, 6.45) is -3.99. The van der Waals surface area contributed by atoms with Crippen LogP contribution < -0.4 is 14.4 Å². The highest BCUT2D eigenvalue weighted by Crippen LogP contribution is 2.39. The van der Waals surface area contributed by atoms with Gasteiger partial charge in [0.1, 0.15) is 11.4 Å². The lowest BCUT2D eigenvalue weighted by atomic mass is 10.2. The van der Waals surface area contributed by atoms with Gasteiger partial charge in [-0.3, -0.25) is 0 Å². The summed E-state index contributed by atoms with van der Waals surface area (Å²) < 4.78 is 48.5. The Morgan fingerprint density at radius 3 is 2.85 bits per heavy atom. The molecule has 0 N–H and O–H groups in total. The molecule has 4 rings (SSSR count). The maximum absolute atomic E-state index is 12.5. The van der Waals surface area contributed by atoms with Crippen molar-refractivity contribution in [2.24, 2.45) is 0 Å². The Bertz CT molecular complexity index is 1010. The van der Waals surface area contributed by atoms with Gasteiger partial charge in [-0.25, -0.2) is 0 Å². The highest BCUT2D eigenvalue weighted by atomic mass is 35.5. The van der Waals surface area contributed by atoms with Gasteiger partial charge < -0.3 is 14.4 Å². The molecule has 1 aliphatic rings. The van der Waals surface area contributed by atoms with Crippen molar-refractivity contribution >= 4 is 22.9 Å². The summed E-state index contributed by atoms with van der Waals surface area (Å²) in [5, 5.41) is 12.7. The molecular formula is C16H13ClF3N5O2. The van der Waals surface area contributed by atoms with E-state index in [1.54, 1.807) is 6.07 Å². The molecule has 0 bridgehead atoms. The number of nitrogens with zero attached hydrogens (tertiary/aromatic N) is 5. The number of aromatic nitrogens is 4. The third-order valence-electron chi connectivity index (χ3n) is 4.03. The first-order valence-electron chi connectivity index (χ1n) is 7.98. The molecule has 11 heteroatoms. The lowest BCUT2D eigenvalue weighted by Gasteiger charge is -2.18. The third-order valence-corrected chi connectivity index (χ3v) is 4.29. The quantitative estimate of drug-likeness (QED) is 0.656. The Hall–Kier alpha value is -2.75. The van der Waals surface area contributed by atoms with Gasteiger partial charge >= 0.3 is 6.36 Å². The summed E-state index contributed by atoms with van der Waals surface area (Å²) in [7, 11) is 1.87. The molecule has 0 saturated heterocycles. The minimum absolute atomic E-state index is 0.186. The maximum Gasteiger partial charge on any atom is 0.573 e. The van der Waals surface area contributed by atoms with E-state index in [0.29, 0.717) is 29.3 Å². The smallest absolute Gasteiger partial charge is 0.487 e. The molecule has 0 unspecified atom stereocenters. The largest absolute Gasteiger partial charge is 0.573 e. The van der Waals surface area contributed by atoms with Crippen LogP contribution in [-0.2, 0) is 0 Å². The Labute approximate surface area is 156 Å². The molecule has 0 saturated carbocycles. The van der Waals surface area contributed by atoms with E-state index >= 15 is 0 Å². The zero-order valence-corrected chi connectivity index (χ0v) is 14.8. The number of hydrogen-bond acceptors (Lipinski definition) is 6. The first kappa shape index (κ1) is 17.7. The summed E-state index contributed by atoms with van der Waals surface area (Å²) in [6, 6.07) is 5.41. The summed E-state index contributed by atoms with van der Waals surface area (Å²) >= 11 is 6.34. The predicted octanol–water partition coefficient (Wildman–Crippen LogP) is 3.56. The summed E-state index contributed by atoms with van der Waals surface area (Å²) in [4.78, 5) is 1.92. The first-order chi connectivity index (χ1) is 12.8. The van der Waals surface area contributed by atoms with Gasteiger partial charge in [0, 0.05) is 19.2 Å². The SMILES string of the molecule is CN1CCCOc2c1c(Cl)nn1c(-c3cccc(OC(F)(F)F)c3)nnc21. The second-order valence-corrected chi connectivity index (χ2v) is 6.28. The molecule has 3 heterocycles. The Balaban J connectivity index is 1.84. The number of ether oxygens (including phenoxy) is 2. The zero-order valence-electron chi connectivity index (χ0n) is 14.0. The molecule has 1 aromatic carbocycles. The van der Waals surface area contributed by atoms with Crippen LogP contribution >= 0.6 is 11.6 Å². The normalized spacial score (nSPS) is 14.6. The highest BCUT2D eigenvalue weighted by molar-refractivity contribution is 6.32. The van der Waals surface area contributed by atoms with Gasteiger partial charge in [-0.05, 0) is 18.6 Å².